The molecule has 1 heterocycles. The first-order valence-electron chi connectivity index (χ1n) is 5.39. The van der Waals surface area contributed by atoms with Crippen LogP contribution in [0.25, 0.3) is 0 Å². The van der Waals surface area contributed by atoms with Crippen molar-refractivity contribution in [3.8, 4) is 0 Å². The molecule has 18 heavy (non-hydrogen) atoms. The van der Waals surface area contributed by atoms with Crippen LogP contribution in [0.4, 0.5) is 18.0 Å². The summed E-state index contributed by atoms with van der Waals surface area (Å²) in [6.07, 6.45) is -0.776. The Kier molecular flexibility index (Phi) is 2.96. The minimum absolute atomic E-state index is 0.00110. The number of benzene rings is 1. The van der Waals surface area contributed by atoms with Crippen molar-refractivity contribution in [3.05, 3.63) is 35.1 Å². The maximum atomic E-state index is 13.7. The number of ether oxygens (including phenoxy) is 1. The molecule has 0 aliphatic carbocycles. The molecule has 2 rings (SSSR count). The Hall–Kier alpha value is -1.72. The van der Waals surface area contributed by atoms with Crippen molar-refractivity contribution in [1.82, 2.24) is 5.32 Å². The summed E-state index contributed by atoms with van der Waals surface area (Å²) >= 11 is 0. The lowest BCUT2D eigenvalue weighted by Crippen LogP contribution is -2.47. The number of nitrogens with one attached hydrogen (secondary N) is 1. The van der Waals surface area contributed by atoms with Gasteiger partial charge in [-0.05, 0) is 12.1 Å². The predicted molar refractivity (Wildman–Crippen MR) is 57.3 cm³/mol. The van der Waals surface area contributed by atoms with E-state index in [0.717, 1.165) is 6.07 Å². The highest BCUT2D eigenvalue weighted by Crippen LogP contribution is 2.38. The molecule has 1 aromatic rings. The number of hydrogen-bond donors (Lipinski definition) is 1. The van der Waals surface area contributed by atoms with E-state index in [-0.39, 0.29) is 6.61 Å². The first-order chi connectivity index (χ1) is 8.33. The van der Waals surface area contributed by atoms with Crippen LogP contribution in [0.15, 0.2) is 12.1 Å². The molecule has 1 atom stereocenters. The second kappa shape index (κ2) is 4.19. The summed E-state index contributed by atoms with van der Waals surface area (Å²) < 4.78 is 45.3. The van der Waals surface area contributed by atoms with Crippen LogP contribution in [0.1, 0.15) is 25.5 Å². The molecule has 1 fully saturated rings. The molecule has 1 N–H and O–H groups in total. The van der Waals surface area contributed by atoms with E-state index in [1.165, 1.54) is 0 Å². The van der Waals surface area contributed by atoms with Crippen molar-refractivity contribution < 1.29 is 22.7 Å². The van der Waals surface area contributed by atoms with Gasteiger partial charge in [-0.15, -0.1) is 0 Å². The van der Waals surface area contributed by atoms with Crippen molar-refractivity contribution >= 4 is 6.09 Å². The zero-order valence-electron chi connectivity index (χ0n) is 9.89. The summed E-state index contributed by atoms with van der Waals surface area (Å²) in [5.74, 6) is -3.33. The smallest absolute Gasteiger partial charge is 0.407 e. The van der Waals surface area contributed by atoms with Gasteiger partial charge in [0.25, 0.3) is 0 Å². The molecule has 6 heteroatoms. The average molecular weight is 259 g/mol. The fraction of sp³-hybridized carbons (Fsp3) is 0.417. The standard InChI is InChI=1S/C12H12F3NO2/c1-12(2)5-18-11(17)16-10(12)8-6(13)3-4-7(14)9(8)15/h3-4,10H,5H2,1-2H3,(H,16,17)/t10-/m1/s1. The van der Waals surface area contributed by atoms with Crippen molar-refractivity contribution in [1.29, 1.82) is 0 Å². The molecule has 1 aliphatic rings. The largest absolute Gasteiger partial charge is 0.449 e. The Morgan fingerprint density at radius 3 is 2.56 bits per heavy atom. The maximum Gasteiger partial charge on any atom is 0.407 e. The van der Waals surface area contributed by atoms with Gasteiger partial charge in [0, 0.05) is 11.0 Å². The van der Waals surface area contributed by atoms with Gasteiger partial charge < -0.3 is 10.1 Å². The minimum atomic E-state index is -1.28. The highest BCUT2D eigenvalue weighted by molar-refractivity contribution is 5.69. The van der Waals surface area contributed by atoms with Gasteiger partial charge in [-0.1, -0.05) is 13.8 Å². The highest BCUT2D eigenvalue weighted by Gasteiger charge is 2.41. The highest BCUT2D eigenvalue weighted by atomic mass is 19.2. The van der Waals surface area contributed by atoms with Crippen LogP contribution in [-0.2, 0) is 4.74 Å². The lowest BCUT2D eigenvalue weighted by atomic mass is 9.80. The second-order valence-electron chi connectivity index (χ2n) is 4.90. The van der Waals surface area contributed by atoms with E-state index >= 15 is 0 Å². The summed E-state index contributed by atoms with van der Waals surface area (Å²) in [7, 11) is 0. The Labute approximate surface area is 102 Å². The third kappa shape index (κ3) is 2.02. The van der Waals surface area contributed by atoms with E-state index in [4.69, 9.17) is 4.74 Å². The van der Waals surface area contributed by atoms with Gasteiger partial charge >= 0.3 is 6.09 Å². The number of hydrogen-bond acceptors (Lipinski definition) is 2. The van der Waals surface area contributed by atoms with Gasteiger partial charge in [0.1, 0.15) is 12.4 Å². The average Bonchev–Trinajstić information content (AvgIpc) is 2.29. The van der Waals surface area contributed by atoms with E-state index in [1.54, 1.807) is 13.8 Å². The lowest BCUT2D eigenvalue weighted by molar-refractivity contribution is 0.0365. The minimum Gasteiger partial charge on any atom is -0.449 e. The van der Waals surface area contributed by atoms with Crippen LogP contribution in [-0.4, -0.2) is 12.7 Å². The molecule has 1 aromatic carbocycles. The summed E-state index contributed by atoms with van der Waals surface area (Å²) in [6, 6.07) is 0.572. The van der Waals surface area contributed by atoms with Gasteiger partial charge in [-0.25, -0.2) is 18.0 Å². The normalized spacial score (nSPS) is 22.3. The lowest BCUT2D eigenvalue weighted by Gasteiger charge is -2.38. The molecule has 0 aromatic heterocycles. The second-order valence-corrected chi connectivity index (χ2v) is 4.90. The summed E-state index contributed by atoms with van der Waals surface area (Å²) in [4.78, 5) is 11.2. The zero-order valence-corrected chi connectivity index (χ0v) is 9.89. The van der Waals surface area contributed by atoms with Crippen molar-refractivity contribution in [2.75, 3.05) is 6.61 Å². The Morgan fingerprint density at radius 1 is 1.28 bits per heavy atom. The molecule has 0 unspecified atom stereocenters. The SMILES string of the molecule is CC1(C)COC(=O)N[C@@H]1c1c(F)ccc(F)c1F. The number of cyclic esters (lactones) is 1. The summed E-state index contributed by atoms with van der Waals surface area (Å²) in [5.41, 5.74) is -1.22. The van der Waals surface area contributed by atoms with Crippen LogP contribution in [0.5, 0.6) is 0 Å². The van der Waals surface area contributed by atoms with Crippen LogP contribution in [0.3, 0.4) is 0 Å². The Balaban J connectivity index is 2.52. The molecule has 3 nitrogen and oxygen atoms in total. The topological polar surface area (TPSA) is 38.3 Å². The van der Waals surface area contributed by atoms with Crippen LogP contribution < -0.4 is 5.32 Å². The van der Waals surface area contributed by atoms with Crippen LogP contribution in [0.2, 0.25) is 0 Å². The molecular weight excluding hydrogens is 247 g/mol. The molecule has 0 radical (unpaired) electrons. The third-order valence-electron chi connectivity index (χ3n) is 2.99. The Bertz CT molecular complexity index is 502. The number of carbonyl (C=O) groups is 1. The molecule has 1 aliphatic heterocycles. The maximum absolute atomic E-state index is 13.7. The molecule has 0 spiro atoms. The van der Waals surface area contributed by atoms with Crippen molar-refractivity contribution in [2.24, 2.45) is 5.41 Å². The van der Waals surface area contributed by atoms with Gasteiger partial charge in [0.15, 0.2) is 11.6 Å². The first-order valence-corrected chi connectivity index (χ1v) is 5.39. The molecule has 98 valence electrons. The van der Waals surface area contributed by atoms with Gasteiger partial charge in [0.05, 0.1) is 6.04 Å². The van der Waals surface area contributed by atoms with E-state index in [9.17, 15) is 18.0 Å². The fourth-order valence-corrected chi connectivity index (χ4v) is 1.96. The molecule has 1 saturated heterocycles. The zero-order chi connectivity index (χ0) is 13.5. The molecular formula is C12H12F3NO2. The predicted octanol–water partition coefficient (Wildman–Crippen LogP) is 2.91. The van der Waals surface area contributed by atoms with Crippen LogP contribution >= 0.6 is 0 Å². The van der Waals surface area contributed by atoms with Gasteiger partial charge in [-0.3, -0.25) is 0 Å². The first kappa shape index (κ1) is 12.7. The Morgan fingerprint density at radius 2 is 1.89 bits per heavy atom. The van der Waals surface area contributed by atoms with E-state index in [1.807, 2.05) is 0 Å². The van der Waals surface area contributed by atoms with Gasteiger partial charge in [-0.2, -0.15) is 0 Å². The fourth-order valence-electron chi connectivity index (χ4n) is 1.96. The van der Waals surface area contributed by atoms with Crippen molar-refractivity contribution in [2.45, 2.75) is 19.9 Å². The number of alkyl carbamates (subject to hydrolysis) is 1. The molecule has 0 saturated carbocycles. The number of rotatable bonds is 1. The number of amides is 1. The van der Waals surface area contributed by atoms with E-state index < -0.39 is 40.6 Å². The monoisotopic (exact) mass is 259 g/mol. The third-order valence-corrected chi connectivity index (χ3v) is 2.99. The quantitative estimate of drug-likeness (QED) is 0.787. The van der Waals surface area contributed by atoms with Crippen molar-refractivity contribution in [3.63, 3.8) is 0 Å². The summed E-state index contributed by atoms with van der Waals surface area (Å²) in [5, 5.41) is 2.32. The van der Waals surface area contributed by atoms with Crippen LogP contribution in [0, 0.1) is 22.9 Å². The summed E-state index contributed by atoms with van der Waals surface area (Å²) in [6.45, 7) is 3.33. The number of carbonyl (C=O) groups excluding carboxylic acids is 1. The van der Waals surface area contributed by atoms with Gasteiger partial charge in [0.2, 0.25) is 0 Å². The van der Waals surface area contributed by atoms with E-state index in [0.29, 0.717) is 6.07 Å². The van der Waals surface area contributed by atoms with E-state index in [2.05, 4.69) is 5.32 Å². The number of halogens is 3. The molecule has 0 bridgehead atoms. The molecule has 1 amide bonds.